The first-order valence-corrected chi connectivity index (χ1v) is 12.9. The Morgan fingerprint density at radius 1 is 1.08 bits per heavy atom. The van der Waals surface area contributed by atoms with E-state index in [0.29, 0.717) is 28.1 Å². The van der Waals surface area contributed by atoms with Gasteiger partial charge in [-0.15, -0.1) is 0 Å². The number of carboxylic acids is 1. The van der Waals surface area contributed by atoms with Crippen LogP contribution in [0.15, 0.2) is 54.6 Å². The first-order chi connectivity index (χ1) is 16.5. The summed E-state index contributed by atoms with van der Waals surface area (Å²) in [7, 11) is -4.60. The number of nitrogens with zero attached hydrogens (tertiary/aromatic N) is 1. The number of aliphatic carboxylic acids is 1. The molecule has 11 heteroatoms. The zero-order chi connectivity index (χ0) is 25.8. The van der Waals surface area contributed by atoms with Gasteiger partial charge in [0.05, 0.1) is 18.4 Å². The molecule has 0 spiro atoms. The number of hydrogen-bond donors (Lipinski definition) is 1. The number of hydrogen-bond acceptors (Lipinski definition) is 7. The Morgan fingerprint density at radius 2 is 1.68 bits per heavy atom. The van der Waals surface area contributed by atoms with Crippen molar-refractivity contribution in [1.29, 1.82) is 0 Å². The number of halogens is 1. The summed E-state index contributed by atoms with van der Waals surface area (Å²) in [6.07, 6.45) is -3.33. The number of rotatable bonds is 10. The summed E-state index contributed by atoms with van der Waals surface area (Å²) in [6, 6.07) is 15.4. The average Bonchev–Trinajstić information content (AvgIpc) is 2.78. The second-order valence-electron chi connectivity index (χ2n) is 8.65. The van der Waals surface area contributed by atoms with Gasteiger partial charge in [0.25, 0.3) is 0 Å². The molecule has 1 heterocycles. The number of carbonyl (C=O) groups is 1. The van der Waals surface area contributed by atoms with Crippen LogP contribution < -0.4 is 69.1 Å². The van der Waals surface area contributed by atoms with Crippen LogP contribution in [0.2, 0.25) is 0 Å². The Kier molecular flexibility index (Phi) is 13.9. The number of aliphatic hydroxyl groups excluding tert-OH is 1. The van der Waals surface area contributed by atoms with Crippen molar-refractivity contribution in [2.75, 3.05) is 6.16 Å². The molecule has 0 bridgehead atoms. The van der Waals surface area contributed by atoms with Crippen LogP contribution in [0.4, 0.5) is 4.39 Å². The summed E-state index contributed by atoms with van der Waals surface area (Å²) >= 11 is 0. The Bertz CT molecular complexity index is 1240. The molecular formula is C26H27FNNa2O6P. The predicted octanol–water partition coefficient (Wildman–Crippen LogP) is -2.43. The monoisotopic (exact) mass is 545 g/mol. The standard InChI is InChI=1S/C26H29FNO6P.2Na/c1-16(2)25-22(14-34-35(32,33)15-21(29)13-23(30)31)24(18-9-11-20(27)12-10-18)17(3)26(28-25)19-7-5-4-6-8-19;;/h4-12,16,21,29H,13-15H2,1-3H3,(H,30,31)(H,32,33);;/q;2*+1/p-2/t21-;;/m1../s1. The summed E-state index contributed by atoms with van der Waals surface area (Å²) in [5.74, 6) is -2.07. The molecule has 0 aliphatic rings. The zero-order valence-electron chi connectivity index (χ0n) is 21.7. The first kappa shape index (κ1) is 34.1. The third kappa shape index (κ3) is 9.36. The van der Waals surface area contributed by atoms with E-state index in [2.05, 4.69) is 0 Å². The fraction of sp³-hybridized carbons (Fsp3) is 0.308. The largest absolute Gasteiger partial charge is 1.00 e. The second kappa shape index (κ2) is 15.0. The van der Waals surface area contributed by atoms with Crippen LogP contribution in [0.25, 0.3) is 22.4 Å². The van der Waals surface area contributed by atoms with Crippen molar-refractivity contribution >= 4 is 13.6 Å². The number of pyridine rings is 1. The molecule has 0 aliphatic heterocycles. The number of aliphatic hydroxyl groups is 1. The van der Waals surface area contributed by atoms with Crippen LogP contribution in [-0.4, -0.2) is 28.3 Å². The molecule has 1 N–H and O–H groups in total. The Morgan fingerprint density at radius 3 is 2.22 bits per heavy atom. The molecule has 3 rings (SSSR count). The van der Waals surface area contributed by atoms with Gasteiger partial charge in [-0.2, -0.15) is 0 Å². The van der Waals surface area contributed by atoms with Crippen molar-refractivity contribution in [2.45, 2.75) is 45.8 Å². The minimum Gasteiger partial charge on any atom is -0.778 e. The van der Waals surface area contributed by atoms with Gasteiger partial charge in [-0.1, -0.05) is 56.3 Å². The minimum atomic E-state index is -4.60. The van der Waals surface area contributed by atoms with Gasteiger partial charge in [0.15, 0.2) is 0 Å². The van der Waals surface area contributed by atoms with E-state index in [4.69, 9.17) is 9.51 Å². The molecule has 7 nitrogen and oxygen atoms in total. The van der Waals surface area contributed by atoms with Crippen molar-refractivity contribution in [3.8, 4) is 22.4 Å². The van der Waals surface area contributed by atoms with E-state index in [1.807, 2.05) is 51.1 Å². The maximum Gasteiger partial charge on any atom is 1.00 e. The van der Waals surface area contributed by atoms with Crippen LogP contribution in [0, 0.1) is 12.7 Å². The molecule has 0 saturated heterocycles. The van der Waals surface area contributed by atoms with Crippen LogP contribution in [0.3, 0.4) is 0 Å². The maximum atomic E-state index is 13.7. The van der Waals surface area contributed by atoms with Gasteiger partial charge in [0, 0.05) is 35.4 Å². The molecule has 1 aromatic heterocycles. The van der Waals surface area contributed by atoms with E-state index < -0.39 is 38.1 Å². The van der Waals surface area contributed by atoms with E-state index in [0.717, 1.165) is 11.1 Å². The third-order valence-electron chi connectivity index (χ3n) is 5.54. The van der Waals surface area contributed by atoms with E-state index in [9.17, 15) is 28.9 Å². The molecule has 1 unspecified atom stereocenters. The third-order valence-corrected chi connectivity index (χ3v) is 6.93. The van der Waals surface area contributed by atoms with Gasteiger partial charge in [0.1, 0.15) is 13.4 Å². The normalized spacial score (nSPS) is 13.3. The second-order valence-corrected chi connectivity index (χ2v) is 10.5. The number of benzene rings is 2. The molecule has 186 valence electrons. The van der Waals surface area contributed by atoms with Gasteiger partial charge in [0.2, 0.25) is 0 Å². The molecule has 37 heavy (non-hydrogen) atoms. The Balaban J connectivity index is 0.00000342. The van der Waals surface area contributed by atoms with Crippen molar-refractivity contribution in [3.05, 3.63) is 77.2 Å². The quantitative estimate of drug-likeness (QED) is 0.222. The molecule has 0 amide bonds. The molecule has 0 radical (unpaired) electrons. The van der Waals surface area contributed by atoms with Crippen molar-refractivity contribution < 1.29 is 92.5 Å². The minimum absolute atomic E-state index is 0. The van der Waals surface area contributed by atoms with E-state index >= 15 is 0 Å². The summed E-state index contributed by atoms with van der Waals surface area (Å²) in [5, 5.41) is 20.4. The van der Waals surface area contributed by atoms with Crippen LogP contribution in [-0.2, 0) is 20.5 Å². The van der Waals surface area contributed by atoms with E-state index in [1.54, 1.807) is 12.1 Å². The van der Waals surface area contributed by atoms with Crippen LogP contribution in [0.1, 0.15) is 43.0 Å². The summed E-state index contributed by atoms with van der Waals surface area (Å²) < 4.78 is 31.4. The topological polar surface area (TPSA) is 123 Å². The predicted molar refractivity (Wildman–Crippen MR) is 127 cm³/mol. The number of carbonyl (C=O) groups excluding carboxylic acids is 1. The van der Waals surface area contributed by atoms with Crippen LogP contribution >= 0.6 is 7.60 Å². The molecule has 2 atom stereocenters. The van der Waals surface area contributed by atoms with Gasteiger partial charge in [-0.25, -0.2) is 4.39 Å². The fourth-order valence-corrected chi connectivity index (χ4v) is 5.06. The van der Waals surface area contributed by atoms with Crippen LogP contribution in [0.5, 0.6) is 0 Å². The SMILES string of the molecule is Cc1c(-c2ccccc2)nc(C(C)C)c(COP(=O)([O-])C[C@H](O)CC(=O)[O-])c1-c1ccc(F)cc1.[Na+].[Na+]. The molecule has 0 saturated carbocycles. The number of aromatic nitrogens is 1. The Labute approximate surface area is 260 Å². The summed E-state index contributed by atoms with van der Waals surface area (Å²) in [6.45, 7) is 5.33. The molecule has 2 aromatic carbocycles. The summed E-state index contributed by atoms with van der Waals surface area (Å²) in [4.78, 5) is 28.0. The number of carboxylic acid groups (broad SMARTS) is 1. The smallest absolute Gasteiger partial charge is 0.778 e. The van der Waals surface area contributed by atoms with Gasteiger partial charge < -0.3 is 29.0 Å². The van der Waals surface area contributed by atoms with E-state index in [-0.39, 0.29) is 71.6 Å². The Hall–Kier alpha value is -0.900. The molecular weight excluding hydrogens is 518 g/mol. The van der Waals surface area contributed by atoms with Gasteiger partial charge in [-0.05, 0) is 41.7 Å². The zero-order valence-corrected chi connectivity index (χ0v) is 26.6. The van der Waals surface area contributed by atoms with Crippen molar-refractivity contribution in [1.82, 2.24) is 4.98 Å². The van der Waals surface area contributed by atoms with Gasteiger partial charge in [-0.3, -0.25) is 4.98 Å². The van der Waals surface area contributed by atoms with Gasteiger partial charge >= 0.3 is 59.1 Å². The first-order valence-electron chi connectivity index (χ1n) is 11.2. The van der Waals surface area contributed by atoms with E-state index in [1.165, 1.54) is 12.1 Å². The van der Waals surface area contributed by atoms with Crippen molar-refractivity contribution in [3.63, 3.8) is 0 Å². The summed E-state index contributed by atoms with van der Waals surface area (Å²) in [5.41, 5.74) is 4.84. The molecule has 0 aliphatic carbocycles. The molecule has 3 aromatic rings. The fourth-order valence-electron chi connectivity index (χ4n) is 3.98. The van der Waals surface area contributed by atoms with Crippen molar-refractivity contribution in [2.24, 2.45) is 0 Å². The molecule has 0 fully saturated rings. The maximum absolute atomic E-state index is 13.7. The average molecular weight is 545 g/mol.